The average molecular weight is 325 g/mol. The zero-order valence-electron chi connectivity index (χ0n) is 14.1. The molecule has 1 saturated carbocycles. The minimum atomic E-state index is -0.435. The summed E-state index contributed by atoms with van der Waals surface area (Å²) in [5.74, 6) is 0.860. The molecule has 1 amide bonds. The van der Waals surface area contributed by atoms with Gasteiger partial charge < -0.3 is 15.2 Å². The van der Waals surface area contributed by atoms with Gasteiger partial charge in [0, 0.05) is 6.54 Å². The van der Waals surface area contributed by atoms with Crippen molar-refractivity contribution >= 4 is 5.91 Å². The Morgan fingerprint density at radius 3 is 2.54 bits per heavy atom. The van der Waals surface area contributed by atoms with Crippen molar-refractivity contribution in [3.63, 3.8) is 0 Å². The number of benzene rings is 2. The molecule has 0 bridgehead atoms. The number of aliphatic hydroxyl groups excluding tert-OH is 1. The van der Waals surface area contributed by atoms with Crippen molar-refractivity contribution in [3.05, 3.63) is 64.7 Å². The van der Waals surface area contributed by atoms with Crippen molar-refractivity contribution in [1.29, 1.82) is 0 Å². The second-order valence-electron chi connectivity index (χ2n) is 6.38. The number of methoxy groups -OCH3 is 1. The fourth-order valence-corrected chi connectivity index (χ4v) is 3.12. The molecule has 24 heavy (non-hydrogen) atoms. The molecule has 0 spiro atoms. The monoisotopic (exact) mass is 325 g/mol. The number of carbonyl (C=O) groups excluding carboxylic acids is 1. The number of rotatable bonds is 6. The minimum Gasteiger partial charge on any atom is -0.496 e. The minimum absolute atomic E-state index is 0.0215. The summed E-state index contributed by atoms with van der Waals surface area (Å²) in [4.78, 5) is 12.8. The fraction of sp³-hybridized carbons (Fsp3) is 0.350. The van der Waals surface area contributed by atoms with Crippen LogP contribution in [0.2, 0.25) is 0 Å². The summed E-state index contributed by atoms with van der Waals surface area (Å²) in [5.41, 5.74) is 3.44. The molecule has 0 aliphatic heterocycles. The molecular formula is C20H23NO3. The highest BCUT2D eigenvalue weighted by Gasteiger charge is 2.51. The van der Waals surface area contributed by atoms with E-state index in [0.717, 1.165) is 40.8 Å². The predicted octanol–water partition coefficient (Wildman–Crippen LogP) is 2.84. The van der Waals surface area contributed by atoms with E-state index >= 15 is 0 Å². The molecule has 2 aromatic rings. The molecule has 126 valence electrons. The molecular weight excluding hydrogens is 302 g/mol. The van der Waals surface area contributed by atoms with Gasteiger partial charge in [0.25, 0.3) is 0 Å². The third-order valence-corrected chi connectivity index (χ3v) is 4.87. The number of amides is 1. The van der Waals surface area contributed by atoms with Crippen LogP contribution in [0.4, 0.5) is 0 Å². The second kappa shape index (κ2) is 6.65. The molecule has 4 nitrogen and oxygen atoms in total. The summed E-state index contributed by atoms with van der Waals surface area (Å²) >= 11 is 0. The van der Waals surface area contributed by atoms with Gasteiger partial charge in [-0.1, -0.05) is 36.4 Å². The zero-order chi connectivity index (χ0) is 17.2. The van der Waals surface area contributed by atoms with Crippen LogP contribution in [0.3, 0.4) is 0 Å². The van der Waals surface area contributed by atoms with Crippen molar-refractivity contribution in [2.75, 3.05) is 7.11 Å². The van der Waals surface area contributed by atoms with E-state index in [-0.39, 0.29) is 12.5 Å². The van der Waals surface area contributed by atoms with Crippen LogP contribution in [-0.4, -0.2) is 18.1 Å². The molecule has 1 aliphatic rings. The van der Waals surface area contributed by atoms with Crippen molar-refractivity contribution in [2.45, 2.75) is 38.3 Å². The number of hydrogen-bond donors (Lipinski definition) is 2. The van der Waals surface area contributed by atoms with E-state index in [4.69, 9.17) is 4.74 Å². The Hall–Kier alpha value is -2.33. The number of ether oxygens (including phenoxy) is 1. The third kappa shape index (κ3) is 3.02. The molecule has 0 atom stereocenters. The first-order chi connectivity index (χ1) is 11.6. The molecule has 4 heteroatoms. The lowest BCUT2D eigenvalue weighted by atomic mass is 9.93. The molecule has 2 N–H and O–H groups in total. The van der Waals surface area contributed by atoms with E-state index < -0.39 is 5.41 Å². The lowest BCUT2D eigenvalue weighted by molar-refractivity contribution is -0.123. The lowest BCUT2D eigenvalue weighted by Crippen LogP contribution is -2.34. The molecule has 0 unspecified atom stereocenters. The predicted molar refractivity (Wildman–Crippen MR) is 92.9 cm³/mol. The Morgan fingerprint density at radius 1 is 1.21 bits per heavy atom. The summed E-state index contributed by atoms with van der Waals surface area (Å²) in [6.45, 7) is 2.40. The van der Waals surface area contributed by atoms with Gasteiger partial charge in [-0.2, -0.15) is 0 Å². The SMILES string of the molecule is COc1cc(C2(C(=O)NCc3ccccc3CO)CC2)ccc1C. The van der Waals surface area contributed by atoms with Gasteiger partial charge in [0.15, 0.2) is 0 Å². The maximum absolute atomic E-state index is 12.8. The largest absolute Gasteiger partial charge is 0.496 e. The van der Waals surface area contributed by atoms with Crippen molar-refractivity contribution < 1.29 is 14.6 Å². The molecule has 3 rings (SSSR count). The van der Waals surface area contributed by atoms with Crippen LogP contribution in [0.15, 0.2) is 42.5 Å². The number of carbonyl (C=O) groups is 1. The summed E-state index contributed by atoms with van der Waals surface area (Å²) in [6, 6.07) is 13.6. The summed E-state index contributed by atoms with van der Waals surface area (Å²) in [7, 11) is 1.65. The molecule has 2 aromatic carbocycles. The molecule has 1 aliphatic carbocycles. The molecule has 0 saturated heterocycles. The van der Waals surface area contributed by atoms with Gasteiger partial charge >= 0.3 is 0 Å². The second-order valence-corrected chi connectivity index (χ2v) is 6.38. The third-order valence-electron chi connectivity index (χ3n) is 4.87. The Balaban J connectivity index is 1.75. The maximum atomic E-state index is 12.8. The number of nitrogens with one attached hydrogen (secondary N) is 1. The quantitative estimate of drug-likeness (QED) is 0.858. The van der Waals surface area contributed by atoms with E-state index in [2.05, 4.69) is 5.32 Å². The first-order valence-corrected chi connectivity index (χ1v) is 8.22. The standard InChI is InChI=1S/C20H23NO3/c1-14-7-8-17(11-18(14)24-2)20(9-10-20)19(23)21-12-15-5-3-4-6-16(15)13-22/h3-8,11,22H,9-10,12-13H2,1-2H3,(H,21,23). The fourth-order valence-electron chi connectivity index (χ4n) is 3.12. The van der Waals surface area contributed by atoms with Crippen LogP contribution in [-0.2, 0) is 23.4 Å². The highest BCUT2D eigenvalue weighted by atomic mass is 16.5. The number of aliphatic hydroxyl groups is 1. The Morgan fingerprint density at radius 2 is 1.92 bits per heavy atom. The van der Waals surface area contributed by atoms with Crippen molar-refractivity contribution in [1.82, 2.24) is 5.32 Å². The highest BCUT2D eigenvalue weighted by molar-refractivity contribution is 5.91. The number of aryl methyl sites for hydroxylation is 1. The molecule has 1 fully saturated rings. The summed E-state index contributed by atoms with van der Waals surface area (Å²) < 4.78 is 5.39. The van der Waals surface area contributed by atoms with Gasteiger partial charge in [0.1, 0.15) is 5.75 Å². The smallest absolute Gasteiger partial charge is 0.230 e. The lowest BCUT2D eigenvalue weighted by Gasteiger charge is -2.18. The van der Waals surface area contributed by atoms with Crippen LogP contribution in [0.5, 0.6) is 5.75 Å². The van der Waals surface area contributed by atoms with Gasteiger partial charge in [-0.25, -0.2) is 0 Å². The zero-order valence-corrected chi connectivity index (χ0v) is 14.1. The van der Waals surface area contributed by atoms with Gasteiger partial charge in [0.05, 0.1) is 19.1 Å². The molecule has 0 heterocycles. The Labute approximate surface area is 142 Å². The van der Waals surface area contributed by atoms with Gasteiger partial charge in [0.2, 0.25) is 5.91 Å². The van der Waals surface area contributed by atoms with Crippen LogP contribution >= 0.6 is 0 Å². The first kappa shape index (κ1) is 16.5. The van der Waals surface area contributed by atoms with Crippen LogP contribution in [0.1, 0.15) is 35.1 Å². The highest BCUT2D eigenvalue weighted by Crippen LogP contribution is 2.49. The van der Waals surface area contributed by atoms with Gasteiger partial charge in [-0.05, 0) is 48.1 Å². The maximum Gasteiger partial charge on any atom is 0.230 e. The average Bonchev–Trinajstić information content (AvgIpc) is 3.42. The van der Waals surface area contributed by atoms with E-state index in [9.17, 15) is 9.90 Å². The Bertz CT molecular complexity index is 750. The summed E-state index contributed by atoms with van der Waals surface area (Å²) in [6.07, 6.45) is 1.71. The Kier molecular flexibility index (Phi) is 4.58. The summed E-state index contributed by atoms with van der Waals surface area (Å²) in [5, 5.41) is 12.4. The molecule has 0 aromatic heterocycles. The van der Waals surface area contributed by atoms with E-state index in [0.29, 0.717) is 6.54 Å². The number of hydrogen-bond acceptors (Lipinski definition) is 3. The van der Waals surface area contributed by atoms with E-state index in [1.807, 2.05) is 49.4 Å². The molecule has 0 radical (unpaired) electrons. The van der Waals surface area contributed by atoms with Gasteiger partial charge in [-0.3, -0.25) is 4.79 Å². The van der Waals surface area contributed by atoms with Crippen molar-refractivity contribution in [3.8, 4) is 5.75 Å². The normalized spacial score (nSPS) is 15.0. The van der Waals surface area contributed by atoms with E-state index in [1.54, 1.807) is 7.11 Å². The topological polar surface area (TPSA) is 58.6 Å². The van der Waals surface area contributed by atoms with Gasteiger partial charge in [-0.15, -0.1) is 0 Å². The van der Waals surface area contributed by atoms with Crippen LogP contribution in [0, 0.1) is 6.92 Å². The van der Waals surface area contributed by atoms with Crippen LogP contribution < -0.4 is 10.1 Å². The van der Waals surface area contributed by atoms with Crippen molar-refractivity contribution in [2.24, 2.45) is 0 Å². The van der Waals surface area contributed by atoms with Crippen LogP contribution in [0.25, 0.3) is 0 Å². The first-order valence-electron chi connectivity index (χ1n) is 8.22. The van der Waals surface area contributed by atoms with E-state index in [1.165, 1.54) is 0 Å².